The number of rotatable bonds is 2. The Labute approximate surface area is 124 Å². The van der Waals surface area contributed by atoms with Crippen LogP contribution in [0.4, 0.5) is 13.2 Å². The maximum atomic E-state index is 13.3. The third kappa shape index (κ3) is 2.67. The van der Waals surface area contributed by atoms with Crippen molar-refractivity contribution in [3.8, 4) is 11.3 Å². The molecule has 1 N–H and O–H groups in total. The lowest BCUT2D eigenvalue weighted by molar-refractivity contribution is -0.136. The zero-order valence-corrected chi connectivity index (χ0v) is 11.4. The van der Waals surface area contributed by atoms with Gasteiger partial charge in [0, 0.05) is 11.8 Å². The lowest BCUT2D eigenvalue weighted by Crippen LogP contribution is -2.06. The van der Waals surface area contributed by atoms with Crippen molar-refractivity contribution in [2.75, 3.05) is 0 Å². The number of nitrogens with zero attached hydrogens (tertiary/aromatic N) is 1. The van der Waals surface area contributed by atoms with Gasteiger partial charge in [-0.15, -0.1) is 0 Å². The highest BCUT2D eigenvalue weighted by Gasteiger charge is 2.33. The summed E-state index contributed by atoms with van der Waals surface area (Å²) in [7, 11) is 0. The van der Waals surface area contributed by atoms with Crippen molar-refractivity contribution in [1.82, 2.24) is 4.98 Å². The maximum Gasteiger partial charge on any atom is 0.417 e. The van der Waals surface area contributed by atoms with Crippen molar-refractivity contribution >= 4 is 10.8 Å². The number of aliphatic hydroxyl groups excluding tert-OH is 1. The molecular weight excluding hydrogens is 291 g/mol. The average molecular weight is 303 g/mol. The van der Waals surface area contributed by atoms with Crippen LogP contribution in [0.25, 0.3) is 22.0 Å². The van der Waals surface area contributed by atoms with Crippen LogP contribution in [-0.2, 0) is 12.8 Å². The lowest BCUT2D eigenvalue weighted by atomic mass is 9.98. The summed E-state index contributed by atoms with van der Waals surface area (Å²) in [6.45, 7) is -0.185. The number of aromatic nitrogens is 1. The minimum atomic E-state index is -4.44. The first-order valence-electron chi connectivity index (χ1n) is 6.65. The molecule has 0 fully saturated rings. The Balaban J connectivity index is 2.27. The van der Waals surface area contributed by atoms with E-state index in [4.69, 9.17) is 5.11 Å². The molecule has 112 valence electrons. The van der Waals surface area contributed by atoms with Crippen molar-refractivity contribution < 1.29 is 18.3 Å². The Morgan fingerprint density at radius 2 is 1.77 bits per heavy atom. The molecule has 0 aliphatic carbocycles. The molecule has 0 atom stereocenters. The van der Waals surface area contributed by atoms with E-state index in [0.29, 0.717) is 22.2 Å². The minimum absolute atomic E-state index is 0.164. The summed E-state index contributed by atoms with van der Waals surface area (Å²) >= 11 is 0. The molecule has 0 aliphatic rings. The summed E-state index contributed by atoms with van der Waals surface area (Å²) in [5.74, 6) is 0. The molecule has 0 unspecified atom stereocenters. The second-order valence-corrected chi connectivity index (χ2v) is 4.95. The maximum absolute atomic E-state index is 13.3. The Morgan fingerprint density at radius 1 is 1.00 bits per heavy atom. The van der Waals surface area contributed by atoms with Crippen LogP contribution >= 0.6 is 0 Å². The van der Waals surface area contributed by atoms with Gasteiger partial charge in [-0.05, 0) is 40.6 Å². The highest BCUT2D eigenvalue weighted by molar-refractivity contribution is 5.90. The molecule has 0 saturated heterocycles. The zero-order chi connectivity index (χ0) is 15.7. The topological polar surface area (TPSA) is 33.1 Å². The van der Waals surface area contributed by atoms with Gasteiger partial charge >= 0.3 is 6.18 Å². The van der Waals surface area contributed by atoms with Crippen molar-refractivity contribution in [2.24, 2.45) is 0 Å². The summed E-state index contributed by atoms with van der Waals surface area (Å²) in [6.07, 6.45) is -2.96. The Morgan fingerprint density at radius 3 is 2.50 bits per heavy atom. The number of alkyl halides is 3. The average Bonchev–Trinajstić information content (AvgIpc) is 2.53. The first-order chi connectivity index (χ1) is 10.5. The summed E-state index contributed by atoms with van der Waals surface area (Å²) in [5, 5.41) is 9.82. The summed E-state index contributed by atoms with van der Waals surface area (Å²) in [4.78, 5) is 4.11. The molecule has 3 rings (SSSR count). The smallest absolute Gasteiger partial charge is 0.392 e. The fourth-order valence-electron chi connectivity index (χ4n) is 2.42. The quantitative estimate of drug-likeness (QED) is 0.760. The zero-order valence-electron chi connectivity index (χ0n) is 11.4. The molecule has 3 aromatic rings. The Kier molecular flexibility index (Phi) is 3.58. The molecule has 0 saturated carbocycles. The summed E-state index contributed by atoms with van der Waals surface area (Å²) < 4.78 is 39.9. The molecule has 1 aromatic heterocycles. The van der Waals surface area contributed by atoms with Crippen molar-refractivity contribution in [2.45, 2.75) is 12.8 Å². The van der Waals surface area contributed by atoms with Gasteiger partial charge in [-0.3, -0.25) is 4.98 Å². The van der Waals surface area contributed by atoms with E-state index in [0.717, 1.165) is 6.07 Å². The van der Waals surface area contributed by atoms with E-state index in [2.05, 4.69) is 4.98 Å². The largest absolute Gasteiger partial charge is 0.417 e. The SMILES string of the molecule is OCc1ccnc(-c2cc(C(F)(F)F)c3ccccc3c2)c1. The van der Waals surface area contributed by atoms with Crippen LogP contribution in [0.1, 0.15) is 11.1 Å². The van der Waals surface area contributed by atoms with E-state index < -0.39 is 11.7 Å². The third-order valence-corrected chi connectivity index (χ3v) is 3.47. The number of fused-ring (bicyclic) bond motifs is 1. The van der Waals surface area contributed by atoms with Crippen LogP contribution in [0, 0.1) is 0 Å². The highest BCUT2D eigenvalue weighted by Crippen LogP contribution is 2.37. The third-order valence-electron chi connectivity index (χ3n) is 3.47. The molecule has 5 heteroatoms. The number of halogens is 3. The fraction of sp³-hybridized carbons (Fsp3) is 0.118. The van der Waals surface area contributed by atoms with E-state index in [9.17, 15) is 13.2 Å². The molecule has 1 heterocycles. The molecule has 0 bridgehead atoms. The monoisotopic (exact) mass is 303 g/mol. The van der Waals surface area contributed by atoms with Crippen LogP contribution in [0.3, 0.4) is 0 Å². The molecular formula is C17H12F3NO. The molecule has 0 aliphatic heterocycles. The van der Waals surface area contributed by atoms with Gasteiger partial charge in [0.25, 0.3) is 0 Å². The highest BCUT2D eigenvalue weighted by atomic mass is 19.4. The standard InChI is InChI=1S/C17H12F3NO/c18-17(19,20)15-9-13(8-12-3-1-2-4-14(12)15)16-7-11(10-22)5-6-21-16/h1-9,22H,10H2. The Hall–Kier alpha value is -2.40. The Bertz CT molecular complexity index is 827. The predicted molar refractivity (Wildman–Crippen MR) is 78.1 cm³/mol. The first-order valence-corrected chi connectivity index (χ1v) is 6.65. The normalized spacial score (nSPS) is 11.8. The number of hydrogen-bond acceptors (Lipinski definition) is 2. The van der Waals surface area contributed by atoms with Crippen molar-refractivity contribution in [1.29, 1.82) is 0 Å². The number of pyridine rings is 1. The molecule has 0 amide bonds. The molecule has 2 aromatic carbocycles. The van der Waals surface area contributed by atoms with Crippen molar-refractivity contribution in [3.05, 3.63) is 65.9 Å². The molecule has 22 heavy (non-hydrogen) atoms. The van der Waals surface area contributed by atoms with Gasteiger partial charge in [0.15, 0.2) is 0 Å². The second-order valence-electron chi connectivity index (χ2n) is 4.95. The van der Waals surface area contributed by atoms with Gasteiger partial charge in [-0.25, -0.2) is 0 Å². The van der Waals surface area contributed by atoms with Gasteiger partial charge in [0.2, 0.25) is 0 Å². The van der Waals surface area contributed by atoms with E-state index in [1.54, 1.807) is 36.4 Å². The van der Waals surface area contributed by atoms with Crippen molar-refractivity contribution in [3.63, 3.8) is 0 Å². The van der Waals surface area contributed by atoms with Gasteiger partial charge in [-0.1, -0.05) is 24.3 Å². The first kappa shape index (κ1) is 14.5. The van der Waals surface area contributed by atoms with Crippen LogP contribution < -0.4 is 0 Å². The van der Waals surface area contributed by atoms with E-state index in [-0.39, 0.29) is 12.0 Å². The fourth-order valence-corrected chi connectivity index (χ4v) is 2.42. The van der Waals surface area contributed by atoms with Gasteiger partial charge in [0.1, 0.15) is 0 Å². The van der Waals surface area contributed by atoms with Crippen LogP contribution in [-0.4, -0.2) is 10.1 Å². The number of aliphatic hydroxyl groups is 1. The molecule has 0 spiro atoms. The van der Waals surface area contributed by atoms with E-state index in [1.807, 2.05) is 0 Å². The second kappa shape index (κ2) is 5.42. The van der Waals surface area contributed by atoms with Crippen LogP contribution in [0.5, 0.6) is 0 Å². The van der Waals surface area contributed by atoms with Gasteiger partial charge < -0.3 is 5.11 Å². The summed E-state index contributed by atoms with van der Waals surface area (Å²) in [6, 6.07) is 12.4. The van der Waals surface area contributed by atoms with Gasteiger partial charge in [0.05, 0.1) is 17.9 Å². The summed E-state index contributed by atoms with van der Waals surface area (Å²) in [5.41, 5.74) is 0.702. The lowest BCUT2D eigenvalue weighted by Gasteiger charge is -2.13. The number of benzene rings is 2. The van der Waals surface area contributed by atoms with Crippen LogP contribution in [0.2, 0.25) is 0 Å². The van der Waals surface area contributed by atoms with Gasteiger partial charge in [-0.2, -0.15) is 13.2 Å². The van der Waals surface area contributed by atoms with Crippen LogP contribution in [0.15, 0.2) is 54.7 Å². The van der Waals surface area contributed by atoms with E-state index >= 15 is 0 Å². The predicted octanol–water partition coefficient (Wildman–Crippen LogP) is 4.41. The molecule has 0 radical (unpaired) electrons. The number of hydrogen-bond donors (Lipinski definition) is 1. The minimum Gasteiger partial charge on any atom is -0.392 e. The van der Waals surface area contributed by atoms with E-state index in [1.165, 1.54) is 12.3 Å². The molecule has 2 nitrogen and oxygen atoms in total.